The lowest BCUT2D eigenvalue weighted by molar-refractivity contribution is -0.115. The number of hydrogen-bond acceptors (Lipinski definition) is 7. The summed E-state index contributed by atoms with van der Waals surface area (Å²) < 4.78 is 0. The van der Waals surface area contributed by atoms with Gasteiger partial charge in [0.2, 0.25) is 5.95 Å². The van der Waals surface area contributed by atoms with Crippen LogP contribution in [0, 0.1) is 0 Å². The van der Waals surface area contributed by atoms with Crippen LogP contribution in [-0.4, -0.2) is 59.2 Å². The second-order valence-electron chi connectivity index (χ2n) is 6.31. The summed E-state index contributed by atoms with van der Waals surface area (Å²) in [6.45, 7) is 4.40. The van der Waals surface area contributed by atoms with Crippen molar-refractivity contribution < 1.29 is 9.59 Å². The Morgan fingerprint density at radius 3 is 2.84 bits per heavy atom. The van der Waals surface area contributed by atoms with Crippen molar-refractivity contribution in [2.24, 2.45) is 0 Å². The molecule has 0 radical (unpaired) electrons. The zero-order valence-corrected chi connectivity index (χ0v) is 15.2. The van der Waals surface area contributed by atoms with Gasteiger partial charge in [-0.1, -0.05) is 6.42 Å². The van der Waals surface area contributed by atoms with Gasteiger partial charge in [-0.15, -0.1) is 0 Å². The molecule has 0 saturated carbocycles. The fourth-order valence-corrected chi connectivity index (χ4v) is 3.66. The van der Waals surface area contributed by atoms with Crippen molar-refractivity contribution in [2.75, 3.05) is 38.1 Å². The van der Waals surface area contributed by atoms with E-state index in [4.69, 9.17) is 0 Å². The highest BCUT2D eigenvalue weighted by Gasteiger charge is 2.25. The van der Waals surface area contributed by atoms with Gasteiger partial charge >= 0.3 is 0 Å². The molecule has 7 nitrogen and oxygen atoms in total. The molecule has 8 heteroatoms. The maximum atomic E-state index is 11.6. The molecule has 1 N–H and O–H groups in total. The SMILES string of the molecule is CN(CCCN1CCCCC1)c1nccc(/C=C2/SC(=O)NC2=O)n1. The van der Waals surface area contributed by atoms with Gasteiger partial charge in [0.05, 0.1) is 10.6 Å². The van der Waals surface area contributed by atoms with Crippen molar-refractivity contribution in [3.05, 3.63) is 22.9 Å². The fraction of sp³-hybridized carbons (Fsp3) is 0.529. The van der Waals surface area contributed by atoms with Crippen LogP contribution in [0.2, 0.25) is 0 Å². The highest BCUT2D eigenvalue weighted by molar-refractivity contribution is 8.18. The number of imide groups is 1. The number of amides is 2. The number of nitrogens with one attached hydrogen (secondary N) is 1. The van der Waals surface area contributed by atoms with E-state index in [2.05, 4.69) is 20.2 Å². The Bertz CT molecular complexity index is 673. The summed E-state index contributed by atoms with van der Waals surface area (Å²) in [5.41, 5.74) is 0.625. The fourth-order valence-electron chi connectivity index (χ4n) is 3.00. The number of thioether (sulfide) groups is 1. The van der Waals surface area contributed by atoms with Gasteiger partial charge in [0.25, 0.3) is 11.1 Å². The zero-order chi connectivity index (χ0) is 17.6. The van der Waals surface area contributed by atoms with E-state index >= 15 is 0 Å². The molecule has 3 rings (SSSR count). The van der Waals surface area contributed by atoms with Crippen LogP contribution in [0.25, 0.3) is 6.08 Å². The number of carbonyl (C=O) groups excluding carboxylic acids is 2. The second kappa shape index (κ2) is 8.44. The molecule has 0 atom stereocenters. The van der Waals surface area contributed by atoms with Crippen molar-refractivity contribution in [3.8, 4) is 0 Å². The maximum absolute atomic E-state index is 11.6. The Hall–Kier alpha value is -1.93. The third kappa shape index (κ3) is 5.02. The molecule has 2 aliphatic heterocycles. The van der Waals surface area contributed by atoms with Crippen molar-refractivity contribution in [1.29, 1.82) is 0 Å². The highest BCUT2D eigenvalue weighted by atomic mass is 32.2. The number of anilines is 1. The molecule has 3 heterocycles. The minimum atomic E-state index is -0.370. The topological polar surface area (TPSA) is 78.4 Å². The number of piperidine rings is 1. The standard InChI is InChI=1S/C17H23N5O2S/c1-21(8-5-11-22-9-3-2-4-10-22)16-18-7-6-13(19-16)12-14-15(23)20-17(24)25-14/h6-7,12H,2-5,8-11H2,1H3,(H,20,23,24)/b14-12+. The van der Waals surface area contributed by atoms with Crippen molar-refractivity contribution in [1.82, 2.24) is 20.2 Å². The maximum Gasteiger partial charge on any atom is 0.290 e. The Morgan fingerprint density at radius 1 is 1.32 bits per heavy atom. The second-order valence-corrected chi connectivity index (χ2v) is 7.33. The first-order chi connectivity index (χ1) is 12.1. The average molecular weight is 361 g/mol. The van der Waals surface area contributed by atoms with Gasteiger partial charge in [-0.3, -0.25) is 14.9 Å². The molecule has 1 aromatic rings. The van der Waals surface area contributed by atoms with E-state index < -0.39 is 0 Å². The van der Waals surface area contributed by atoms with Crippen LogP contribution < -0.4 is 10.2 Å². The summed E-state index contributed by atoms with van der Waals surface area (Å²) in [4.78, 5) is 36.5. The van der Waals surface area contributed by atoms with Gasteiger partial charge in [0, 0.05) is 19.8 Å². The molecule has 134 valence electrons. The third-order valence-electron chi connectivity index (χ3n) is 4.34. The summed E-state index contributed by atoms with van der Waals surface area (Å²) in [5.74, 6) is 0.257. The zero-order valence-electron chi connectivity index (χ0n) is 14.4. The van der Waals surface area contributed by atoms with Gasteiger partial charge in [-0.2, -0.15) is 0 Å². The molecule has 0 unspecified atom stereocenters. The predicted molar refractivity (Wildman–Crippen MR) is 99.3 cm³/mol. The minimum Gasteiger partial charge on any atom is -0.344 e. The van der Waals surface area contributed by atoms with Crippen LogP contribution in [-0.2, 0) is 4.79 Å². The van der Waals surface area contributed by atoms with Crippen LogP contribution in [0.3, 0.4) is 0 Å². The quantitative estimate of drug-likeness (QED) is 0.778. The van der Waals surface area contributed by atoms with Crippen LogP contribution in [0.15, 0.2) is 17.2 Å². The lowest BCUT2D eigenvalue weighted by Gasteiger charge is -2.27. The Labute approximate surface area is 151 Å². The first kappa shape index (κ1) is 17.9. The number of likely N-dealkylation sites (tertiary alicyclic amines) is 1. The van der Waals surface area contributed by atoms with Crippen LogP contribution in [0.1, 0.15) is 31.4 Å². The largest absolute Gasteiger partial charge is 0.344 e. The van der Waals surface area contributed by atoms with Crippen molar-refractivity contribution in [3.63, 3.8) is 0 Å². The van der Waals surface area contributed by atoms with Gasteiger partial charge in [-0.25, -0.2) is 9.97 Å². The van der Waals surface area contributed by atoms with E-state index in [0.717, 1.165) is 31.3 Å². The van der Waals surface area contributed by atoms with E-state index in [1.807, 2.05) is 11.9 Å². The molecule has 2 aliphatic rings. The highest BCUT2D eigenvalue weighted by Crippen LogP contribution is 2.25. The smallest absolute Gasteiger partial charge is 0.290 e. The number of rotatable bonds is 6. The van der Waals surface area contributed by atoms with Crippen LogP contribution in [0.5, 0.6) is 0 Å². The third-order valence-corrected chi connectivity index (χ3v) is 5.15. The van der Waals surface area contributed by atoms with Crippen LogP contribution in [0.4, 0.5) is 10.7 Å². The number of hydrogen-bond donors (Lipinski definition) is 1. The normalized spacial score (nSPS) is 20.1. The van der Waals surface area contributed by atoms with Gasteiger partial charge in [0.1, 0.15) is 0 Å². The molecule has 1 aromatic heterocycles. The van der Waals surface area contributed by atoms with E-state index in [-0.39, 0.29) is 11.1 Å². The first-order valence-electron chi connectivity index (χ1n) is 8.63. The van der Waals surface area contributed by atoms with Crippen LogP contribution >= 0.6 is 11.8 Å². The minimum absolute atomic E-state index is 0.347. The van der Waals surface area contributed by atoms with Crippen molar-refractivity contribution in [2.45, 2.75) is 25.7 Å². The lowest BCUT2D eigenvalue weighted by atomic mass is 10.1. The molecular formula is C17H23N5O2S. The van der Waals surface area contributed by atoms with E-state index in [1.165, 1.54) is 32.4 Å². The summed E-state index contributed by atoms with van der Waals surface area (Å²) in [6.07, 6.45) is 8.34. The average Bonchev–Trinajstić information content (AvgIpc) is 2.93. The number of nitrogens with zero attached hydrogens (tertiary/aromatic N) is 4. The monoisotopic (exact) mass is 361 g/mol. The number of aromatic nitrogens is 2. The lowest BCUT2D eigenvalue weighted by Crippen LogP contribution is -2.32. The molecule has 0 spiro atoms. The summed E-state index contributed by atoms with van der Waals surface area (Å²) in [6, 6.07) is 1.73. The molecule has 2 amide bonds. The molecule has 25 heavy (non-hydrogen) atoms. The Balaban J connectivity index is 1.56. The summed E-state index contributed by atoms with van der Waals surface area (Å²) in [7, 11) is 1.98. The van der Waals surface area contributed by atoms with Gasteiger partial charge in [-0.05, 0) is 62.8 Å². The molecule has 0 aromatic carbocycles. The summed E-state index contributed by atoms with van der Waals surface area (Å²) >= 11 is 0.894. The van der Waals surface area contributed by atoms with E-state index in [9.17, 15) is 9.59 Å². The van der Waals surface area contributed by atoms with E-state index in [0.29, 0.717) is 16.5 Å². The summed E-state index contributed by atoms with van der Waals surface area (Å²) in [5, 5.41) is 1.89. The molecular weight excluding hydrogens is 338 g/mol. The predicted octanol–water partition coefficient (Wildman–Crippen LogP) is 2.11. The van der Waals surface area contributed by atoms with Crippen molar-refractivity contribution >= 4 is 34.9 Å². The van der Waals surface area contributed by atoms with Gasteiger partial charge in [0.15, 0.2) is 0 Å². The number of carbonyl (C=O) groups is 2. The Kier molecular flexibility index (Phi) is 6.04. The molecule has 2 fully saturated rings. The first-order valence-corrected chi connectivity index (χ1v) is 9.45. The Morgan fingerprint density at radius 2 is 2.12 bits per heavy atom. The van der Waals surface area contributed by atoms with Gasteiger partial charge < -0.3 is 9.80 Å². The molecule has 0 aliphatic carbocycles. The van der Waals surface area contributed by atoms with E-state index in [1.54, 1.807) is 18.3 Å². The molecule has 2 saturated heterocycles. The molecule has 0 bridgehead atoms.